The molecular formula is C14H15N3O3. The maximum atomic E-state index is 11.6. The number of amides is 3. The fourth-order valence-corrected chi connectivity index (χ4v) is 1.98. The molecule has 0 atom stereocenters. The van der Waals surface area contributed by atoms with Crippen molar-refractivity contribution < 1.29 is 14.3 Å². The van der Waals surface area contributed by atoms with E-state index in [1.807, 2.05) is 6.07 Å². The molecule has 0 aromatic heterocycles. The summed E-state index contributed by atoms with van der Waals surface area (Å²) < 4.78 is 5.50. The molecule has 1 aliphatic heterocycles. The summed E-state index contributed by atoms with van der Waals surface area (Å²) in [5, 5.41) is 8.91. The summed E-state index contributed by atoms with van der Waals surface area (Å²) in [6, 6.07) is 8.73. The molecule has 1 aromatic carbocycles. The highest BCUT2D eigenvalue weighted by Crippen LogP contribution is 2.17. The molecule has 0 N–H and O–H groups in total. The van der Waals surface area contributed by atoms with Crippen molar-refractivity contribution in [3.8, 4) is 11.8 Å². The Hall–Kier alpha value is -2.55. The number of nitrogens with zero attached hydrogens (tertiary/aromatic N) is 3. The monoisotopic (exact) mass is 273 g/mol. The maximum Gasteiger partial charge on any atom is 0.326 e. The molecule has 20 heavy (non-hydrogen) atoms. The van der Waals surface area contributed by atoms with Gasteiger partial charge in [0, 0.05) is 13.6 Å². The van der Waals surface area contributed by atoms with Crippen LogP contribution in [0, 0.1) is 11.3 Å². The van der Waals surface area contributed by atoms with Crippen LogP contribution in [0.2, 0.25) is 0 Å². The molecule has 3 amide bonds. The van der Waals surface area contributed by atoms with Gasteiger partial charge in [0.15, 0.2) is 0 Å². The third-order valence-corrected chi connectivity index (χ3v) is 3.02. The largest absolute Gasteiger partial charge is 0.492 e. The number of carbonyl (C=O) groups excluding carboxylic acids is 2. The van der Waals surface area contributed by atoms with Gasteiger partial charge in [-0.25, -0.2) is 4.79 Å². The summed E-state index contributed by atoms with van der Waals surface area (Å²) in [6.45, 7) is 0.813. The van der Waals surface area contributed by atoms with E-state index in [-0.39, 0.29) is 18.5 Å². The van der Waals surface area contributed by atoms with E-state index in [1.165, 1.54) is 9.80 Å². The van der Waals surface area contributed by atoms with E-state index in [0.717, 1.165) is 0 Å². The molecule has 1 fully saturated rings. The summed E-state index contributed by atoms with van der Waals surface area (Å²) in [4.78, 5) is 25.8. The van der Waals surface area contributed by atoms with Crippen molar-refractivity contribution in [3.05, 3.63) is 29.8 Å². The number of hydrogen-bond acceptors (Lipinski definition) is 4. The zero-order valence-corrected chi connectivity index (χ0v) is 11.2. The first-order chi connectivity index (χ1) is 9.63. The minimum absolute atomic E-state index is 0.136. The normalized spacial score (nSPS) is 14.6. The Morgan fingerprint density at radius 3 is 2.75 bits per heavy atom. The molecule has 2 rings (SSSR count). The smallest absolute Gasteiger partial charge is 0.326 e. The third kappa shape index (κ3) is 2.88. The number of rotatable bonds is 5. The lowest BCUT2D eigenvalue weighted by Gasteiger charge is -2.14. The zero-order chi connectivity index (χ0) is 14.5. The summed E-state index contributed by atoms with van der Waals surface area (Å²) in [6.07, 6.45) is 0.533. The molecule has 1 heterocycles. The van der Waals surface area contributed by atoms with Gasteiger partial charge in [-0.2, -0.15) is 5.26 Å². The molecule has 0 bridgehead atoms. The van der Waals surface area contributed by atoms with Crippen LogP contribution < -0.4 is 4.74 Å². The van der Waals surface area contributed by atoms with Gasteiger partial charge in [-0.15, -0.1) is 0 Å². The molecule has 1 aromatic rings. The first kappa shape index (κ1) is 13.9. The Kier molecular flexibility index (Phi) is 4.20. The summed E-state index contributed by atoms with van der Waals surface area (Å²) in [5.41, 5.74) is 0.473. The summed E-state index contributed by atoms with van der Waals surface area (Å²) >= 11 is 0. The lowest BCUT2D eigenvalue weighted by Crippen LogP contribution is -2.33. The fourth-order valence-electron chi connectivity index (χ4n) is 1.98. The Labute approximate surface area is 117 Å². The molecule has 0 saturated carbocycles. The standard InChI is InChI=1S/C14H15N3O3/c1-16-10-13(18)17(14(16)19)7-4-8-20-12-6-3-2-5-11(12)9-15/h2-3,5-6H,4,7-8,10H2,1H3. The van der Waals surface area contributed by atoms with Crippen molar-refractivity contribution in [2.75, 3.05) is 26.7 Å². The second-order valence-corrected chi connectivity index (χ2v) is 4.49. The van der Waals surface area contributed by atoms with Gasteiger partial charge >= 0.3 is 6.03 Å². The van der Waals surface area contributed by atoms with E-state index in [9.17, 15) is 9.59 Å². The van der Waals surface area contributed by atoms with Crippen LogP contribution in [-0.2, 0) is 4.79 Å². The lowest BCUT2D eigenvalue weighted by molar-refractivity contribution is -0.125. The number of hydrogen-bond donors (Lipinski definition) is 0. The number of nitriles is 1. The molecule has 1 aliphatic rings. The Morgan fingerprint density at radius 1 is 1.35 bits per heavy atom. The van der Waals surface area contributed by atoms with E-state index in [1.54, 1.807) is 31.3 Å². The first-order valence-electron chi connectivity index (χ1n) is 6.31. The van der Waals surface area contributed by atoms with E-state index in [4.69, 9.17) is 10.00 Å². The lowest BCUT2D eigenvalue weighted by atomic mass is 10.2. The number of imide groups is 1. The second-order valence-electron chi connectivity index (χ2n) is 4.49. The van der Waals surface area contributed by atoms with Crippen molar-refractivity contribution in [3.63, 3.8) is 0 Å². The highest BCUT2D eigenvalue weighted by Gasteiger charge is 2.32. The van der Waals surface area contributed by atoms with Gasteiger partial charge in [0.1, 0.15) is 18.4 Å². The molecule has 6 heteroatoms. The number of para-hydroxylation sites is 1. The number of urea groups is 1. The molecule has 104 valence electrons. The van der Waals surface area contributed by atoms with Crippen LogP contribution in [0.5, 0.6) is 5.75 Å². The van der Waals surface area contributed by atoms with Crippen molar-refractivity contribution >= 4 is 11.9 Å². The number of ether oxygens (including phenoxy) is 1. The molecule has 1 saturated heterocycles. The molecule has 0 aliphatic carbocycles. The molecule has 6 nitrogen and oxygen atoms in total. The molecule has 0 radical (unpaired) electrons. The third-order valence-electron chi connectivity index (χ3n) is 3.02. The van der Waals surface area contributed by atoms with Crippen LogP contribution in [0.15, 0.2) is 24.3 Å². The fraction of sp³-hybridized carbons (Fsp3) is 0.357. The van der Waals surface area contributed by atoms with E-state index >= 15 is 0 Å². The van der Waals surface area contributed by atoms with Crippen LogP contribution in [0.4, 0.5) is 4.79 Å². The van der Waals surface area contributed by atoms with E-state index in [2.05, 4.69) is 0 Å². The predicted molar refractivity (Wildman–Crippen MR) is 71.0 cm³/mol. The zero-order valence-electron chi connectivity index (χ0n) is 11.2. The van der Waals surface area contributed by atoms with Crippen LogP contribution in [0.3, 0.4) is 0 Å². The Bertz CT molecular complexity index is 565. The average molecular weight is 273 g/mol. The van der Waals surface area contributed by atoms with Crippen LogP contribution in [-0.4, -0.2) is 48.5 Å². The molecule has 0 unspecified atom stereocenters. The second kappa shape index (κ2) is 6.06. The number of carbonyl (C=O) groups is 2. The maximum absolute atomic E-state index is 11.6. The minimum Gasteiger partial charge on any atom is -0.492 e. The number of likely N-dealkylation sites (N-methyl/N-ethyl adjacent to an activating group) is 1. The first-order valence-corrected chi connectivity index (χ1v) is 6.31. The summed E-state index contributed by atoms with van der Waals surface area (Å²) in [7, 11) is 1.60. The molecular weight excluding hydrogens is 258 g/mol. The van der Waals surface area contributed by atoms with Gasteiger partial charge in [0.25, 0.3) is 0 Å². The van der Waals surface area contributed by atoms with Crippen molar-refractivity contribution in [1.29, 1.82) is 5.26 Å². The SMILES string of the molecule is CN1CC(=O)N(CCCOc2ccccc2C#N)C1=O. The average Bonchev–Trinajstić information content (AvgIpc) is 2.69. The Balaban J connectivity index is 1.81. The van der Waals surface area contributed by atoms with E-state index in [0.29, 0.717) is 30.9 Å². The van der Waals surface area contributed by atoms with Crippen molar-refractivity contribution in [2.45, 2.75) is 6.42 Å². The topological polar surface area (TPSA) is 73.6 Å². The molecule has 0 spiro atoms. The minimum atomic E-state index is -0.271. The van der Waals surface area contributed by atoms with Gasteiger partial charge in [-0.1, -0.05) is 12.1 Å². The van der Waals surface area contributed by atoms with Crippen molar-refractivity contribution in [1.82, 2.24) is 9.80 Å². The highest BCUT2D eigenvalue weighted by molar-refractivity contribution is 6.01. The van der Waals surface area contributed by atoms with Gasteiger partial charge in [0.05, 0.1) is 12.2 Å². The van der Waals surface area contributed by atoms with Gasteiger partial charge in [-0.3, -0.25) is 9.69 Å². The van der Waals surface area contributed by atoms with E-state index < -0.39 is 0 Å². The Morgan fingerprint density at radius 2 is 2.10 bits per heavy atom. The van der Waals surface area contributed by atoms with Gasteiger partial charge in [0.2, 0.25) is 5.91 Å². The van der Waals surface area contributed by atoms with Crippen LogP contribution >= 0.6 is 0 Å². The van der Waals surface area contributed by atoms with Gasteiger partial charge in [-0.05, 0) is 18.6 Å². The predicted octanol–water partition coefficient (Wildman–Crippen LogP) is 1.22. The van der Waals surface area contributed by atoms with Crippen molar-refractivity contribution in [2.24, 2.45) is 0 Å². The van der Waals surface area contributed by atoms with Crippen LogP contribution in [0.25, 0.3) is 0 Å². The van der Waals surface area contributed by atoms with Crippen LogP contribution in [0.1, 0.15) is 12.0 Å². The highest BCUT2D eigenvalue weighted by atomic mass is 16.5. The quantitative estimate of drug-likeness (QED) is 0.597. The van der Waals surface area contributed by atoms with Gasteiger partial charge < -0.3 is 9.64 Å². The summed E-state index contributed by atoms with van der Waals surface area (Å²) in [5.74, 6) is 0.334. The number of benzene rings is 1.